The number of hydrogen-bond acceptors (Lipinski definition) is 3. The van der Waals surface area contributed by atoms with E-state index in [1.54, 1.807) is 0 Å². The number of carbonyl (C=O) groups excluding carboxylic acids is 1. The van der Waals surface area contributed by atoms with E-state index < -0.39 is 0 Å². The first kappa shape index (κ1) is 6.71. The van der Waals surface area contributed by atoms with Gasteiger partial charge in [-0.3, -0.25) is 0 Å². The highest BCUT2D eigenvalue weighted by Crippen LogP contribution is 2.16. The predicted octanol–water partition coefficient (Wildman–Crippen LogP) is -0.417. The van der Waals surface area contributed by atoms with Crippen molar-refractivity contribution in [1.29, 1.82) is 0 Å². The summed E-state index contributed by atoms with van der Waals surface area (Å²) in [6.07, 6.45) is 1.21. The van der Waals surface area contributed by atoms with E-state index in [-0.39, 0.29) is 18.6 Å². The molecule has 2 unspecified atom stereocenters. The molecule has 0 bridgehead atoms. The lowest BCUT2D eigenvalue weighted by Crippen LogP contribution is -2.06. The van der Waals surface area contributed by atoms with E-state index in [0.717, 1.165) is 6.29 Å². The fourth-order valence-electron chi connectivity index (χ4n) is 0.946. The fourth-order valence-corrected chi connectivity index (χ4v) is 0.946. The minimum Gasteiger partial charge on any atom is -0.396 e. The Kier molecular flexibility index (Phi) is 2.19. The maximum atomic E-state index is 10.1. The van der Waals surface area contributed by atoms with Crippen LogP contribution in [0.3, 0.4) is 0 Å². The van der Waals surface area contributed by atoms with Crippen molar-refractivity contribution in [3.63, 3.8) is 0 Å². The highest BCUT2D eigenvalue weighted by atomic mass is 16.5. The molecule has 2 atom stereocenters. The maximum Gasteiger partial charge on any atom is 0.148 e. The van der Waals surface area contributed by atoms with E-state index >= 15 is 0 Å². The Labute approximate surface area is 53.6 Å². The molecule has 1 saturated heterocycles. The standard InChI is InChI=1S/C6H10O3/c7-2-5-1-6(3-8)9-4-5/h3,5-7H,1-2,4H2. The number of aldehydes is 1. The summed E-state index contributed by atoms with van der Waals surface area (Å²) in [5.74, 6) is 0.181. The Balaban J connectivity index is 2.28. The average molecular weight is 130 g/mol. The highest BCUT2D eigenvalue weighted by molar-refractivity contribution is 5.56. The number of hydrogen-bond donors (Lipinski definition) is 1. The number of rotatable bonds is 2. The quantitative estimate of drug-likeness (QED) is 0.516. The minimum absolute atomic E-state index is 0.129. The first-order valence-corrected chi connectivity index (χ1v) is 3.04. The lowest BCUT2D eigenvalue weighted by Gasteiger charge is -1.97. The van der Waals surface area contributed by atoms with Crippen molar-refractivity contribution in [3.05, 3.63) is 0 Å². The third-order valence-corrected chi connectivity index (χ3v) is 1.52. The fraction of sp³-hybridized carbons (Fsp3) is 0.833. The Bertz CT molecular complexity index is 102. The first-order chi connectivity index (χ1) is 4.36. The van der Waals surface area contributed by atoms with Gasteiger partial charge in [-0.2, -0.15) is 0 Å². The summed E-state index contributed by atoms with van der Waals surface area (Å²) >= 11 is 0. The van der Waals surface area contributed by atoms with Crippen LogP contribution in [0, 0.1) is 5.92 Å². The molecule has 0 aromatic heterocycles. The van der Waals surface area contributed by atoms with Gasteiger partial charge in [0.2, 0.25) is 0 Å². The highest BCUT2D eigenvalue weighted by Gasteiger charge is 2.23. The van der Waals surface area contributed by atoms with Gasteiger partial charge in [-0.1, -0.05) is 0 Å². The summed E-state index contributed by atoms with van der Waals surface area (Å²) < 4.78 is 4.98. The van der Waals surface area contributed by atoms with Crippen LogP contribution in [-0.4, -0.2) is 30.7 Å². The smallest absolute Gasteiger partial charge is 0.148 e. The SMILES string of the molecule is O=CC1CC(CO)CO1. The average Bonchev–Trinajstić information content (AvgIpc) is 2.34. The largest absolute Gasteiger partial charge is 0.396 e. The zero-order valence-electron chi connectivity index (χ0n) is 5.12. The molecule has 1 heterocycles. The molecule has 0 aliphatic carbocycles. The molecule has 3 nitrogen and oxygen atoms in total. The molecule has 0 saturated carbocycles. The summed E-state index contributed by atoms with van der Waals surface area (Å²) in [4.78, 5) is 10.1. The molecular weight excluding hydrogens is 120 g/mol. The molecule has 9 heavy (non-hydrogen) atoms. The monoisotopic (exact) mass is 130 g/mol. The van der Waals surface area contributed by atoms with Gasteiger partial charge in [0.1, 0.15) is 12.4 Å². The van der Waals surface area contributed by atoms with Crippen LogP contribution >= 0.6 is 0 Å². The van der Waals surface area contributed by atoms with E-state index in [9.17, 15) is 4.79 Å². The Morgan fingerprint density at radius 3 is 2.89 bits per heavy atom. The molecule has 1 fully saturated rings. The van der Waals surface area contributed by atoms with Gasteiger partial charge in [0.15, 0.2) is 0 Å². The van der Waals surface area contributed by atoms with Crippen LogP contribution in [0.5, 0.6) is 0 Å². The molecule has 1 aliphatic rings. The molecule has 52 valence electrons. The van der Waals surface area contributed by atoms with Gasteiger partial charge in [0.05, 0.1) is 6.61 Å². The van der Waals surface area contributed by atoms with Crippen LogP contribution in [0.25, 0.3) is 0 Å². The van der Waals surface area contributed by atoms with Crippen LogP contribution in [0.1, 0.15) is 6.42 Å². The van der Waals surface area contributed by atoms with E-state index in [1.165, 1.54) is 0 Å². The topological polar surface area (TPSA) is 46.5 Å². The van der Waals surface area contributed by atoms with Crippen LogP contribution in [0.15, 0.2) is 0 Å². The van der Waals surface area contributed by atoms with Crippen molar-refractivity contribution in [2.24, 2.45) is 5.92 Å². The summed E-state index contributed by atoms with van der Waals surface area (Å²) in [7, 11) is 0. The van der Waals surface area contributed by atoms with Gasteiger partial charge in [-0.25, -0.2) is 0 Å². The zero-order valence-corrected chi connectivity index (χ0v) is 5.12. The molecule has 1 N–H and O–H groups in total. The van der Waals surface area contributed by atoms with Crippen LogP contribution < -0.4 is 0 Å². The van der Waals surface area contributed by atoms with Gasteiger partial charge in [0, 0.05) is 12.5 Å². The van der Waals surface area contributed by atoms with E-state index in [1.807, 2.05) is 0 Å². The van der Waals surface area contributed by atoms with Crippen molar-refractivity contribution < 1.29 is 14.6 Å². The summed E-state index contributed by atoms with van der Waals surface area (Å²) in [6.45, 7) is 0.657. The van der Waals surface area contributed by atoms with E-state index in [2.05, 4.69) is 0 Å². The number of aliphatic hydroxyl groups is 1. The molecular formula is C6H10O3. The van der Waals surface area contributed by atoms with Gasteiger partial charge >= 0.3 is 0 Å². The minimum atomic E-state index is -0.262. The van der Waals surface area contributed by atoms with Crippen molar-refractivity contribution in [2.45, 2.75) is 12.5 Å². The van der Waals surface area contributed by atoms with Gasteiger partial charge in [-0.05, 0) is 6.42 Å². The van der Waals surface area contributed by atoms with Crippen molar-refractivity contribution in [3.8, 4) is 0 Å². The van der Waals surface area contributed by atoms with Crippen molar-refractivity contribution in [2.75, 3.05) is 13.2 Å². The van der Waals surface area contributed by atoms with Gasteiger partial charge < -0.3 is 14.6 Å². The number of carbonyl (C=O) groups is 1. The molecule has 0 spiro atoms. The molecule has 0 aromatic carbocycles. The van der Waals surface area contributed by atoms with Crippen LogP contribution in [0.4, 0.5) is 0 Å². The lowest BCUT2D eigenvalue weighted by molar-refractivity contribution is -0.115. The van der Waals surface area contributed by atoms with Gasteiger partial charge in [0.25, 0.3) is 0 Å². The van der Waals surface area contributed by atoms with Gasteiger partial charge in [-0.15, -0.1) is 0 Å². The molecule has 0 aromatic rings. The zero-order chi connectivity index (χ0) is 6.69. The molecule has 0 amide bonds. The molecule has 3 heteroatoms. The number of aliphatic hydroxyl groups excluding tert-OH is 1. The maximum absolute atomic E-state index is 10.1. The number of ether oxygens (including phenoxy) is 1. The Morgan fingerprint density at radius 2 is 2.56 bits per heavy atom. The van der Waals surface area contributed by atoms with Crippen LogP contribution in [0.2, 0.25) is 0 Å². The molecule has 1 aliphatic heterocycles. The summed E-state index contributed by atoms with van der Waals surface area (Å²) in [5, 5.41) is 8.58. The third-order valence-electron chi connectivity index (χ3n) is 1.52. The predicted molar refractivity (Wildman–Crippen MR) is 31.0 cm³/mol. The molecule has 0 radical (unpaired) electrons. The molecule has 1 rings (SSSR count). The first-order valence-electron chi connectivity index (χ1n) is 3.04. The Morgan fingerprint density at radius 1 is 1.78 bits per heavy atom. The second kappa shape index (κ2) is 2.94. The lowest BCUT2D eigenvalue weighted by atomic mass is 10.1. The van der Waals surface area contributed by atoms with Crippen molar-refractivity contribution >= 4 is 6.29 Å². The Hall–Kier alpha value is -0.410. The normalized spacial score (nSPS) is 34.8. The third kappa shape index (κ3) is 1.50. The second-order valence-electron chi connectivity index (χ2n) is 2.29. The van der Waals surface area contributed by atoms with E-state index in [4.69, 9.17) is 9.84 Å². The van der Waals surface area contributed by atoms with Crippen molar-refractivity contribution in [1.82, 2.24) is 0 Å². The van der Waals surface area contributed by atoms with Crippen LogP contribution in [-0.2, 0) is 9.53 Å². The summed E-state index contributed by atoms with van der Waals surface area (Å²) in [5.41, 5.74) is 0. The summed E-state index contributed by atoms with van der Waals surface area (Å²) in [6, 6.07) is 0. The van der Waals surface area contributed by atoms with E-state index in [0.29, 0.717) is 13.0 Å². The second-order valence-corrected chi connectivity index (χ2v) is 2.29.